The summed E-state index contributed by atoms with van der Waals surface area (Å²) in [6.07, 6.45) is -4.78. The first kappa shape index (κ1) is 12.9. The normalized spacial score (nSPS) is 20.2. The van der Waals surface area contributed by atoms with E-state index in [0.717, 1.165) is 16.3 Å². The number of halogens is 4. The van der Waals surface area contributed by atoms with Crippen molar-refractivity contribution in [1.29, 1.82) is 0 Å². The number of nitrogens with one attached hydrogen (secondary N) is 1. The zero-order chi connectivity index (χ0) is 19.4. The molecule has 0 amide bonds. The van der Waals surface area contributed by atoms with Crippen molar-refractivity contribution in [3.8, 4) is 0 Å². The van der Waals surface area contributed by atoms with E-state index in [0.29, 0.717) is 6.07 Å². The Kier molecular flexibility index (Phi) is 3.13. The fourth-order valence-electron chi connectivity index (χ4n) is 2.52. The van der Waals surface area contributed by atoms with Gasteiger partial charge in [0.25, 0.3) is 5.56 Å². The summed E-state index contributed by atoms with van der Waals surface area (Å²) < 4.78 is 66.6. The van der Waals surface area contributed by atoms with Gasteiger partial charge in [0.05, 0.1) is 43.1 Å². The van der Waals surface area contributed by atoms with Gasteiger partial charge in [-0.05, 0) is 6.07 Å². The number of hydrogen-bond acceptors (Lipinski definition) is 4. The molecule has 3 rings (SSSR count). The van der Waals surface area contributed by atoms with Crippen LogP contribution < -0.4 is 11.2 Å². The zero-order valence-corrected chi connectivity index (χ0v) is 12.7. The van der Waals surface area contributed by atoms with Crippen LogP contribution in [0.1, 0.15) is 15.7 Å². The lowest BCUT2D eigenvalue weighted by molar-refractivity contribution is -0.137. The van der Waals surface area contributed by atoms with E-state index in [1.807, 2.05) is 4.98 Å². The number of ether oxygens (including phenoxy) is 1. The third kappa shape index (κ3) is 2.56. The molecule has 0 aliphatic carbocycles. The molecule has 1 atom stereocenters. The quantitative estimate of drug-likeness (QED) is 0.884. The third-order valence-corrected chi connectivity index (χ3v) is 5.23. The Morgan fingerprint density at radius 1 is 1.57 bits per heavy atom. The molecule has 0 unspecified atom stereocenters. The molecule has 2 heterocycles. The van der Waals surface area contributed by atoms with Crippen molar-refractivity contribution in [2.75, 3.05) is 19.4 Å². The molecule has 124 valence electrons. The number of thioether (sulfide) groups is 1. The first-order valence-corrected chi connectivity index (χ1v) is 7.61. The molecule has 5 nitrogen and oxygen atoms in total. The van der Waals surface area contributed by atoms with Crippen molar-refractivity contribution in [1.82, 2.24) is 9.55 Å². The van der Waals surface area contributed by atoms with Crippen LogP contribution in [-0.4, -0.2) is 28.9 Å². The molecular weight excluding hydrogens is 357 g/mol. The van der Waals surface area contributed by atoms with Crippen LogP contribution in [0.4, 0.5) is 13.2 Å². The fourth-order valence-corrected chi connectivity index (χ4v) is 4.12. The highest BCUT2D eigenvalue weighted by molar-refractivity contribution is 7.99. The molecule has 1 aliphatic heterocycles. The number of benzene rings is 1. The van der Waals surface area contributed by atoms with E-state index in [9.17, 15) is 22.8 Å². The summed E-state index contributed by atoms with van der Waals surface area (Å²) in [5.41, 5.74) is -3.10. The highest BCUT2D eigenvalue weighted by Gasteiger charge is 2.37. The minimum atomic E-state index is -4.78. The summed E-state index contributed by atoms with van der Waals surface area (Å²) in [5.74, 6) is 0.0468. The van der Waals surface area contributed by atoms with Crippen molar-refractivity contribution >= 4 is 34.3 Å². The lowest BCUT2D eigenvalue weighted by Gasteiger charge is -2.27. The van der Waals surface area contributed by atoms with Gasteiger partial charge in [0.2, 0.25) is 0 Å². The second-order valence-electron chi connectivity index (χ2n) is 4.87. The molecule has 1 aromatic heterocycles. The maximum absolute atomic E-state index is 13.2. The molecular formula is C13H10ClF3N2O3S. The van der Waals surface area contributed by atoms with Crippen LogP contribution in [0.3, 0.4) is 0 Å². The number of hydrogen-bond donors (Lipinski definition) is 1. The maximum atomic E-state index is 13.2. The highest BCUT2D eigenvalue weighted by atomic mass is 35.5. The number of rotatable bonds is 2. The second-order valence-corrected chi connectivity index (χ2v) is 6.27. The predicted octanol–water partition coefficient (Wildman–Crippen LogP) is 2.66. The lowest BCUT2D eigenvalue weighted by Crippen LogP contribution is -2.37. The van der Waals surface area contributed by atoms with Crippen molar-refractivity contribution < 1.29 is 22.0 Å². The molecule has 0 spiro atoms. The predicted molar refractivity (Wildman–Crippen MR) is 80.5 cm³/mol. The topological polar surface area (TPSA) is 64.1 Å². The van der Waals surface area contributed by atoms with Gasteiger partial charge in [0, 0.05) is 12.8 Å². The minimum Gasteiger partial charge on any atom is -0.383 e. The Morgan fingerprint density at radius 3 is 2.96 bits per heavy atom. The Morgan fingerprint density at radius 2 is 2.30 bits per heavy atom. The first-order chi connectivity index (χ1) is 11.9. The third-order valence-electron chi connectivity index (χ3n) is 3.49. The largest absolute Gasteiger partial charge is 0.417 e. The van der Waals surface area contributed by atoms with E-state index >= 15 is 0 Å². The highest BCUT2D eigenvalue weighted by Crippen LogP contribution is 2.45. The average molecular weight is 370 g/mol. The Labute approximate surface area is 140 Å². The van der Waals surface area contributed by atoms with E-state index in [1.54, 1.807) is 0 Å². The molecule has 1 N–H and O–H groups in total. The summed E-state index contributed by atoms with van der Waals surface area (Å²) in [5, 5.41) is -0.966. The van der Waals surface area contributed by atoms with E-state index in [-0.39, 0.29) is 28.2 Å². The molecule has 1 aromatic carbocycles. The summed E-state index contributed by atoms with van der Waals surface area (Å²) >= 11 is 6.80. The number of methoxy groups -OCH3 is 1. The van der Waals surface area contributed by atoms with Gasteiger partial charge in [-0.15, -0.1) is 11.8 Å². The van der Waals surface area contributed by atoms with E-state index in [1.165, 1.54) is 0 Å². The average Bonchev–Trinajstić information content (AvgIpc) is 2.49. The summed E-state index contributed by atoms with van der Waals surface area (Å²) in [7, 11) is -2.70. The molecule has 0 saturated carbocycles. The van der Waals surface area contributed by atoms with Crippen LogP contribution in [0, 0.1) is 0 Å². The van der Waals surface area contributed by atoms with Crippen molar-refractivity contribution in [2.45, 2.75) is 17.1 Å². The molecule has 2 aromatic rings. The fraction of sp³-hybridized carbons (Fsp3) is 0.385. The maximum Gasteiger partial charge on any atom is 0.417 e. The smallest absolute Gasteiger partial charge is 0.383 e. The molecule has 10 heteroatoms. The Balaban J connectivity index is 2.28. The minimum absolute atomic E-state index is 0.0468. The van der Waals surface area contributed by atoms with Crippen LogP contribution in [-0.2, 0) is 10.9 Å². The molecule has 23 heavy (non-hydrogen) atoms. The van der Waals surface area contributed by atoms with Crippen LogP contribution in [0.15, 0.2) is 20.6 Å². The van der Waals surface area contributed by atoms with Crippen molar-refractivity contribution in [3.05, 3.63) is 37.5 Å². The van der Waals surface area contributed by atoms with Gasteiger partial charge in [0.1, 0.15) is 0 Å². The van der Waals surface area contributed by atoms with Crippen molar-refractivity contribution in [3.63, 3.8) is 0 Å². The Hall–Kier alpha value is -1.45. The van der Waals surface area contributed by atoms with Crippen LogP contribution in [0.2, 0.25) is 5.02 Å². The second kappa shape index (κ2) is 5.57. The lowest BCUT2D eigenvalue weighted by atomic mass is 10.1. The van der Waals surface area contributed by atoms with Gasteiger partial charge in [0.15, 0.2) is 0 Å². The number of aromatic amines is 1. The number of nitrogens with zero attached hydrogens (tertiary/aromatic N) is 1. The van der Waals surface area contributed by atoms with E-state index in [2.05, 4.69) is 0 Å². The Bertz CT molecular complexity index is 1000. The van der Waals surface area contributed by atoms with Crippen LogP contribution in [0.5, 0.6) is 0 Å². The van der Waals surface area contributed by atoms with E-state index in [4.69, 9.17) is 20.5 Å². The van der Waals surface area contributed by atoms with Crippen molar-refractivity contribution in [2.24, 2.45) is 0 Å². The van der Waals surface area contributed by atoms with Gasteiger partial charge in [-0.3, -0.25) is 14.3 Å². The molecule has 0 fully saturated rings. The first-order valence-electron chi connectivity index (χ1n) is 7.75. The number of H-pyrrole nitrogens is 1. The van der Waals surface area contributed by atoms with Gasteiger partial charge in [-0.2, -0.15) is 13.2 Å². The SMILES string of the molecule is [2H]C([2H])([2H])OC[C@H]1CSc2c(Cl)c(C(F)(F)F)cc3c(=O)[nH]c(=O)n1c23. The van der Waals surface area contributed by atoms with Gasteiger partial charge in [-0.1, -0.05) is 11.6 Å². The molecule has 1 aliphatic rings. The summed E-state index contributed by atoms with van der Waals surface area (Å²) in [6.45, 7) is -0.386. The zero-order valence-electron chi connectivity index (χ0n) is 14.2. The van der Waals surface area contributed by atoms with E-state index < -0.39 is 41.1 Å². The molecule has 0 bridgehead atoms. The van der Waals surface area contributed by atoms with Gasteiger partial charge in [-0.25, -0.2) is 4.79 Å². The van der Waals surface area contributed by atoms with Crippen LogP contribution in [0.25, 0.3) is 10.9 Å². The number of alkyl halides is 3. The van der Waals surface area contributed by atoms with Gasteiger partial charge < -0.3 is 4.74 Å². The number of aromatic nitrogens is 2. The summed E-state index contributed by atoms with van der Waals surface area (Å²) in [6, 6.07) is -0.212. The summed E-state index contributed by atoms with van der Waals surface area (Å²) in [4.78, 5) is 26.2. The standard InChI is InChI=1S/C13H10ClF3N2O3S/c1-22-3-5-4-23-10-8(14)7(13(15,16)17)2-6-9(10)19(5)12(21)18-11(6)20/h2,5H,3-4H2,1H3,(H,18,20,21)/t5-/m0/s1/i1D3. The molecule has 0 radical (unpaired) electrons. The van der Waals surface area contributed by atoms with Crippen LogP contribution >= 0.6 is 23.4 Å². The van der Waals surface area contributed by atoms with Gasteiger partial charge >= 0.3 is 11.9 Å². The molecule has 0 saturated heterocycles. The monoisotopic (exact) mass is 369 g/mol.